The van der Waals surface area contributed by atoms with Crippen LogP contribution in [0.4, 0.5) is 4.39 Å². The molecule has 23 heavy (non-hydrogen) atoms. The van der Waals surface area contributed by atoms with Crippen molar-refractivity contribution < 1.29 is 12.8 Å². The van der Waals surface area contributed by atoms with Gasteiger partial charge in [0.25, 0.3) is 0 Å². The SMILES string of the molecule is Cl.NCCCN(Cc1ccccc1)S(=O)(=O)c1ccccc1F. The minimum absolute atomic E-state index is 0. The number of hydrogen-bond acceptors (Lipinski definition) is 3. The molecule has 0 unspecified atom stereocenters. The van der Waals surface area contributed by atoms with Crippen LogP contribution >= 0.6 is 12.4 Å². The van der Waals surface area contributed by atoms with Gasteiger partial charge >= 0.3 is 0 Å². The Bertz CT molecular complexity index is 711. The van der Waals surface area contributed by atoms with Crippen molar-refractivity contribution in [2.75, 3.05) is 13.1 Å². The van der Waals surface area contributed by atoms with Gasteiger partial charge in [-0.05, 0) is 30.7 Å². The molecule has 2 aromatic rings. The van der Waals surface area contributed by atoms with E-state index in [2.05, 4.69) is 0 Å². The van der Waals surface area contributed by atoms with E-state index in [0.29, 0.717) is 13.0 Å². The topological polar surface area (TPSA) is 63.4 Å². The molecule has 0 aliphatic rings. The van der Waals surface area contributed by atoms with E-state index in [9.17, 15) is 12.8 Å². The van der Waals surface area contributed by atoms with Gasteiger partial charge in [-0.1, -0.05) is 42.5 Å². The minimum Gasteiger partial charge on any atom is -0.330 e. The first-order valence-electron chi connectivity index (χ1n) is 7.04. The highest BCUT2D eigenvalue weighted by Gasteiger charge is 2.26. The van der Waals surface area contributed by atoms with Gasteiger partial charge in [-0.2, -0.15) is 4.31 Å². The number of benzene rings is 2. The van der Waals surface area contributed by atoms with Crippen molar-refractivity contribution in [1.29, 1.82) is 0 Å². The van der Waals surface area contributed by atoms with Crippen LogP contribution in [-0.2, 0) is 16.6 Å². The molecule has 0 aliphatic heterocycles. The van der Waals surface area contributed by atoms with Gasteiger partial charge in [0.2, 0.25) is 10.0 Å². The summed E-state index contributed by atoms with van der Waals surface area (Å²) >= 11 is 0. The summed E-state index contributed by atoms with van der Waals surface area (Å²) < 4.78 is 40.6. The molecule has 0 amide bonds. The van der Waals surface area contributed by atoms with Gasteiger partial charge in [-0.15, -0.1) is 12.4 Å². The van der Waals surface area contributed by atoms with E-state index in [1.807, 2.05) is 30.3 Å². The lowest BCUT2D eigenvalue weighted by atomic mass is 10.2. The van der Waals surface area contributed by atoms with Crippen molar-refractivity contribution >= 4 is 22.4 Å². The molecule has 0 heterocycles. The molecule has 7 heteroatoms. The van der Waals surface area contributed by atoms with Crippen molar-refractivity contribution in [2.45, 2.75) is 17.9 Å². The molecule has 0 saturated heterocycles. The maximum absolute atomic E-state index is 13.9. The predicted octanol–water partition coefficient (Wildman–Crippen LogP) is 2.79. The molecule has 2 N–H and O–H groups in total. The zero-order chi connectivity index (χ0) is 16.0. The number of hydrogen-bond donors (Lipinski definition) is 1. The fraction of sp³-hybridized carbons (Fsp3) is 0.250. The maximum Gasteiger partial charge on any atom is 0.246 e. The molecule has 4 nitrogen and oxygen atoms in total. The number of halogens is 2. The summed E-state index contributed by atoms with van der Waals surface area (Å²) in [6.45, 7) is 0.817. The van der Waals surface area contributed by atoms with Gasteiger partial charge in [0.1, 0.15) is 10.7 Å². The Morgan fingerprint density at radius 3 is 2.22 bits per heavy atom. The Morgan fingerprint density at radius 2 is 1.61 bits per heavy atom. The van der Waals surface area contributed by atoms with Crippen LogP contribution in [0.1, 0.15) is 12.0 Å². The second kappa shape index (κ2) is 8.98. The van der Waals surface area contributed by atoms with E-state index in [4.69, 9.17) is 5.73 Å². The first-order valence-corrected chi connectivity index (χ1v) is 8.48. The average Bonchev–Trinajstić information content (AvgIpc) is 2.52. The lowest BCUT2D eigenvalue weighted by Gasteiger charge is -2.22. The first-order chi connectivity index (χ1) is 10.6. The van der Waals surface area contributed by atoms with Crippen LogP contribution in [0.2, 0.25) is 0 Å². The third-order valence-corrected chi connectivity index (χ3v) is 5.15. The Kier molecular flexibility index (Phi) is 7.64. The quantitative estimate of drug-likeness (QED) is 0.827. The van der Waals surface area contributed by atoms with E-state index in [1.165, 1.54) is 22.5 Å². The molecule has 0 spiro atoms. The summed E-state index contributed by atoms with van der Waals surface area (Å²) in [5.74, 6) is -0.742. The Balaban J connectivity index is 0.00000264. The average molecular weight is 359 g/mol. The van der Waals surface area contributed by atoms with E-state index < -0.39 is 15.8 Å². The van der Waals surface area contributed by atoms with E-state index in [0.717, 1.165) is 11.6 Å². The Labute approximate surface area is 142 Å². The van der Waals surface area contributed by atoms with Crippen LogP contribution in [0, 0.1) is 5.82 Å². The third kappa shape index (κ3) is 5.00. The summed E-state index contributed by atoms with van der Waals surface area (Å²) in [5.41, 5.74) is 6.33. The van der Waals surface area contributed by atoms with Gasteiger partial charge in [0.05, 0.1) is 0 Å². The molecule has 0 fully saturated rings. The lowest BCUT2D eigenvalue weighted by Crippen LogP contribution is -2.33. The second-order valence-electron chi connectivity index (χ2n) is 4.90. The highest BCUT2D eigenvalue weighted by Crippen LogP contribution is 2.21. The number of nitrogens with two attached hydrogens (primary N) is 1. The monoisotopic (exact) mass is 358 g/mol. The molecule has 0 atom stereocenters. The number of sulfonamides is 1. The van der Waals surface area contributed by atoms with Crippen molar-refractivity contribution in [3.8, 4) is 0 Å². The fourth-order valence-electron chi connectivity index (χ4n) is 2.13. The fourth-order valence-corrected chi connectivity index (χ4v) is 3.66. The van der Waals surface area contributed by atoms with Crippen molar-refractivity contribution in [1.82, 2.24) is 4.31 Å². The summed E-state index contributed by atoms with van der Waals surface area (Å²) in [6, 6.07) is 14.6. The van der Waals surface area contributed by atoms with Gasteiger partial charge in [-0.25, -0.2) is 12.8 Å². The van der Waals surface area contributed by atoms with E-state index >= 15 is 0 Å². The summed E-state index contributed by atoms with van der Waals surface area (Å²) in [6.07, 6.45) is 0.514. The molecule has 0 radical (unpaired) electrons. The zero-order valence-electron chi connectivity index (χ0n) is 12.6. The van der Waals surface area contributed by atoms with Crippen molar-refractivity contribution in [3.63, 3.8) is 0 Å². The van der Waals surface area contributed by atoms with Gasteiger partial charge < -0.3 is 5.73 Å². The van der Waals surface area contributed by atoms with E-state index in [-0.39, 0.29) is 30.4 Å². The smallest absolute Gasteiger partial charge is 0.246 e. The van der Waals surface area contributed by atoms with Crippen LogP contribution < -0.4 is 5.73 Å². The molecular formula is C16H20ClFN2O2S. The molecule has 2 rings (SSSR count). The molecule has 0 aromatic heterocycles. The highest BCUT2D eigenvalue weighted by atomic mass is 35.5. The summed E-state index contributed by atoms with van der Waals surface area (Å²) in [5, 5.41) is 0. The molecule has 0 bridgehead atoms. The second-order valence-corrected chi connectivity index (χ2v) is 6.80. The largest absolute Gasteiger partial charge is 0.330 e. The van der Waals surface area contributed by atoms with Crippen LogP contribution in [0.25, 0.3) is 0 Å². The molecule has 0 aliphatic carbocycles. The molecule has 2 aromatic carbocycles. The standard InChI is InChI=1S/C16H19FN2O2S.ClH/c17-15-9-4-5-10-16(15)22(20,21)19(12-6-11-18)13-14-7-2-1-3-8-14;/h1-5,7-10H,6,11-13,18H2;1H. The van der Waals surface area contributed by atoms with Crippen molar-refractivity contribution in [2.24, 2.45) is 5.73 Å². The lowest BCUT2D eigenvalue weighted by molar-refractivity contribution is 0.398. The molecule has 126 valence electrons. The minimum atomic E-state index is -3.90. The van der Waals surface area contributed by atoms with Crippen LogP contribution in [0.3, 0.4) is 0 Å². The van der Waals surface area contributed by atoms with Crippen LogP contribution in [0.15, 0.2) is 59.5 Å². The number of nitrogens with zero attached hydrogens (tertiary/aromatic N) is 1. The first kappa shape index (κ1) is 19.6. The maximum atomic E-state index is 13.9. The van der Waals surface area contributed by atoms with Gasteiger partial charge in [0, 0.05) is 13.1 Å². The normalized spacial score (nSPS) is 11.3. The molecular weight excluding hydrogens is 339 g/mol. The zero-order valence-corrected chi connectivity index (χ0v) is 14.2. The summed E-state index contributed by atoms with van der Waals surface area (Å²) in [7, 11) is -3.90. The Hall–Kier alpha value is -1.47. The van der Waals surface area contributed by atoms with Gasteiger partial charge in [0.15, 0.2) is 0 Å². The number of rotatable bonds is 7. The Morgan fingerprint density at radius 1 is 1.00 bits per heavy atom. The molecule has 0 saturated carbocycles. The highest BCUT2D eigenvalue weighted by molar-refractivity contribution is 7.89. The van der Waals surface area contributed by atoms with Crippen molar-refractivity contribution in [3.05, 3.63) is 66.0 Å². The van der Waals surface area contributed by atoms with Crippen LogP contribution in [-0.4, -0.2) is 25.8 Å². The van der Waals surface area contributed by atoms with E-state index in [1.54, 1.807) is 0 Å². The predicted molar refractivity (Wildman–Crippen MR) is 91.4 cm³/mol. The third-order valence-electron chi connectivity index (χ3n) is 3.27. The van der Waals surface area contributed by atoms with Gasteiger partial charge in [-0.3, -0.25) is 0 Å². The van der Waals surface area contributed by atoms with Crippen LogP contribution in [0.5, 0.6) is 0 Å². The summed E-state index contributed by atoms with van der Waals surface area (Å²) in [4.78, 5) is -0.303.